The van der Waals surface area contributed by atoms with E-state index in [-0.39, 0.29) is 10.5 Å². The molecule has 136 valence electrons. The molecule has 0 saturated heterocycles. The van der Waals surface area contributed by atoms with Crippen LogP contribution in [0.4, 0.5) is 5.69 Å². The van der Waals surface area contributed by atoms with E-state index in [0.717, 1.165) is 0 Å². The van der Waals surface area contributed by atoms with Crippen molar-refractivity contribution in [3.8, 4) is 0 Å². The van der Waals surface area contributed by atoms with Gasteiger partial charge in [-0.3, -0.25) is 9.80 Å². The van der Waals surface area contributed by atoms with E-state index in [4.69, 9.17) is 17.4 Å². The number of hydrazine groups is 1. The van der Waals surface area contributed by atoms with E-state index in [1.54, 1.807) is 65.1 Å². The van der Waals surface area contributed by atoms with Crippen LogP contribution in [0.15, 0.2) is 59.0 Å². The molecule has 0 radical (unpaired) electrons. The maximum absolute atomic E-state index is 12.7. The van der Waals surface area contributed by atoms with Crippen molar-refractivity contribution in [3.63, 3.8) is 0 Å². The summed E-state index contributed by atoms with van der Waals surface area (Å²) in [7, 11) is -3.67. The van der Waals surface area contributed by atoms with E-state index >= 15 is 0 Å². The zero-order valence-corrected chi connectivity index (χ0v) is 17.0. The summed E-state index contributed by atoms with van der Waals surface area (Å²) < 4.78 is 24.3. The number of benzene rings is 2. The fourth-order valence-corrected chi connectivity index (χ4v) is 5.55. The number of carboxylic acids is 1. The van der Waals surface area contributed by atoms with Gasteiger partial charge >= 0.3 is 5.97 Å². The summed E-state index contributed by atoms with van der Waals surface area (Å²) in [6, 6.07) is 13.2. The second-order valence-corrected chi connectivity index (χ2v) is 9.26. The fourth-order valence-electron chi connectivity index (χ4n) is 2.85. The van der Waals surface area contributed by atoms with Gasteiger partial charge in [-0.15, -0.1) is 0 Å². The molecular weight excluding hydrogens is 491 g/mol. The van der Waals surface area contributed by atoms with Crippen LogP contribution in [0.3, 0.4) is 0 Å². The summed E-state index contributed by atoms with van der Waals surface area (Å²) in [4.78, 5) is 11.7. The Labute approximate surface area is 169 Å². The highest BCUT2D eigenvalue weighted by atomic mass is 127. The predicted octanol–water partition coefficient (Wildman–Crippen LogP) is 3.11. The number of anilines is 1. The van der Waals surface area contributed by atoms with E-state index < -0.39 is 25.5 Å². The van der Waals surface area contributed by atoms with Crippen LogP contribution in [0.2, 0.25) is 5.02 Å². The van der Waals surface area contributed by atoms with Gasteiger partial charge in [-0.1, -0.05) is 64.5 Å². The summed E-state index contributed by atoms with van der Waals surface area (Å²) in [6.45, 7) is 0. The zero-order chi connectivity index (χ0) is 19.1. The number of nitrogens with zero attached hydrogens (tertiary/aromatic N) is 1. The Balaban J connectivity index is 2.32. The van der Waals surface area contributed by atoms with Crippen molar-refractivity contribution >= 4 is 61.4 Å². The van der Waals surface area contributed by atoms with Gasteiger partial charge in [0.1, 0.15) is 3.92 Å². The number of alkyl halides is 1. The predicted molar refractivity (Wildman–Crippen MR) is 109 cm³/mol. The van der Waals surface area contributed by atoms with E-state index in [1.807, 2.05) is 0 Å². The molecule has 26 heavy (non-hydrogen) atoms. The molecule has 0 aromatic heterocycles. The number of halogens is 2. The molecule has 2 aromatic rings. The summed E-state index contributed by atoms with van der Waals surface area (Å²) in [5.74, 6) is 4.74. The van der Waals surface area contributed by atoms with Gasteiger partial charge in [0.25, 0.3) is 0 Å². The number of aliphatic carboxylic acids is 1. The summed E-state index contributed by atoms with van der Waals surface area (Å²) in [5, 5.41) is 11.1. The number of hydrogen-bond donors (Lipinski definition) is 2. The summed E-state index contributed by atoms with van der Waals surface area (Å²) in [6.07, 6.45) is 0. The normalized spacial score (nSPS) is 16.7. The average molecular weight is 505 g/mol. The number of sulfone groups is 1. The molecule has 0 amide bonds. The van der Waals surface area contributed by atoms with Gasteiger partial charge < -0.3 is 5.11 Å². The van der Waals surface area contributed by atoms with Crippen LogP contribution in [0, 0.1) is 0 Å². The number of fused-ring (bicyclic) bond motifs is 1. The maximum Gasteiger partial charge on any atom is 0.320 e. The maximum atomic E-state index is 12.7. The van der Waals surface area contributed by atoms with Gasteiger partial charge in [0.05, 0.1) is 27.1 Å². The lowest BCUT2D eigenvalue weighted by molar-refractivity contribution is -0.135. The molecule has 1 aliphatic heterocycles. The molecular formula is C17H14ClIN2O4S. The molecule has 9 heteroatoms. The molecule has 1 atom stereocenters. The molecule has 1 aliphatic rings. The van der Waals surface area contributed by atoms with Gasteiger partial charge in [0, 0.05) is 5.56 Å². The van der Waals surface area contributed by atoms with Crippen molar-refractivity contribution in [1.29, 1.82) is 0 Å². The molecule has 0 spiro atoms. The highest BCUT2D eigenvalue weighted by Crippen LogP contribution is 2.40. The number of para-hydroxylation sites is 1. The minimum absolute atomic E-state index is 0.121. The second kappa shape index (κ2) is 7.18. The Morgan fingerprint density at radius 3 is 2.46 bits per heavy atom. The monoisotopic (exact) mass is 504 g/mol. The van der Waals surface area contributed by atoms with Gasteiger partial charge in [0.2, 0.25) is 0 Å². The van der Waals surface area contributed by atoms with E-state index in [1.165, 1.54) is 11.1 Å². The highest BCUT2D eigenvalue weighted by Gasteiger charge is 2.37. The first kappa shape index (κ1) is 19.2. The van der Waals surface area contributed by atoms with Crippen LogP contribution in [0.25, 0.3) is 5.70 Å². The van der Waals surface area contributed by atoms with Crippen molar-refractivity contribution in [2.45, 2.75) is 8.82 Å². The first-order valence-corrected chi connectivity index (χ1v) is 10.7. The third-order valence-corrected chi connectivity index (χ3v) is 7.32. The van der Waals surface area contributed by atoms with Crippen LogP contribution < -0.4 is 10.9 Å². The molecule has 1 heterocycles. The molecule has 6 nitrogen and oxygen atoms in total. The largest absolute Gasteiger partial charge is 0.480 e. The summed E-state index contributed by atoms with van der Waals surface area (Å²) >= 11 is 7.94. The standard InChI is InChI=1S/C17H14ClIN2O4S/c18-12-6-2-3-7-13(12)21(20)16-10-5-1-4-8-14(10)26(24,25)9-11(16)15(19)17(22)23/h1-8,15H,9,20H2,(H,22,23). The van der Waals surface area contributed by atoms with Crippen LogP contribution in [0.1, 0.15) is 5.56 Å². The average Bonchev–Trinajstić information content (AvgIpc) is 2.60. The topological polar surface area (TPSA) is 101 Å². The van der Waals surface area contributed by atoms with Crippen LogP contribution in [-0.4, -0.2) is 29.2 Å². The third-order valence-electron chi connectivity index (χ3n) is 4.00. The minimum atomic E-state index is -3.67. The van der Waals surface area contributed by atoms with Crippen LogP contribution in [-0.2, 0) is 14.6 Å². The van der Waals surface area contributed by atoms with Crippen molar-refractivity contribution in [3.05, 3.63) is 64.7 Å². The van der Waals surface area contributed by atoms with Gasteiger partial charge in [-0.05, 0) is 23.8 Å². The number of carboxylic acid groups (broad SMARTS) is 1. The zero-order valence-electron chi connectivity index (χ0n) is 13.3. The molecule has 0 bridgehead atoms. The quantitative estimate of drug-likeness (QED) is 0.287. The molecule has 3 rings (SSSR count). The summed E-state index contributed by atoms with van der Waals surface area (Å²) in [5.41, 5.74) is 1.35. The Morgan fingerprint density at radius 2 is 1.81 bits per heavy atom. The smallest absolute Gasteiger partial charge is 0.320 e. The van der Waals surface area contributed by atoms with Crippen molar-refractivity contribution < 1.29 is 18.3 Å². The number of rotatable bonds is 4. The van der Waals surface area contributed by atoms with Crippen LogP contribution in [0.5, 0.6) is 0 Å². The minimum Gasteiger partial charge on any atom is -0.480 e. The first-order valence-electron chi connectivity index (χ1n) is 7.45. The number of nitrogens with two attached hydrogens (primary N) is 1. The SMILES string of the molecule is NN(C1=C(C(I)C(=O)O)CS(=O)(=O)c2ccccc21)c1ccccc1Cl. The van der Waals surface area contributed by atoms with Crippen LogP contribution >= 0.6 is 34.2 Å². The van der Waals surface area contributed by atoms with Gasteiger partial charge in [-0.25, -0.2) is 14.3 Å². The first-order chi connectivity index (χ1) is 12.2. The Kier molecular flexibility index (Phi) is 5.29. The van der Waals surface area contributed by atoms with E-state index in [2.05, 4.69) is 0 Å². The third kappa shape index (κ3) is 3.34. The second-order valence-electron chi connectivity index (χ2n) is 5.65. The Hall–Kier alpha value is -1.62. The molecule has 0 fully saturated rings. The van der Waals surface area contributed by atoms with E-state index in [0.29, 0.717) is 22.0 Å². The van der Waals surface area contributed by atoms with Gasteiger partial charge in [0.15, 0.2) is 9.84 Å². The van der Waals surface area contributed by atoms with E-state index in [9.17, 15) is 18.3 Å². The Bertz CT molecular complexity index is 1020. The molecule has 0 saturated carbocycles. The molecule has 0 aliphatic carbocycles. The highest BCUT2D eigenvalue weighted by molar-refractivity contribution is 14.1. The van der Waals surface area contributed by atoms with Gasteiger partial charge in [-0.2, -0.15) is 0 Å². The lowest BCUT2D eigenvalue weighted by atomic mass is 10.0. The van der Waals surface area contributed by atoms with Crippen molar-refractivity contribution in [2.24, 2.45) is 5.84 Å². The molecule has 3 N–H and O–H groups in total. The fraction of sp³-hybridized carbons (Fsp3) is 0.118. The molecule has 2 aromatic carbocycles. The number of hydrogen-bond acceptors (Lipinski definition) is 5. The number of carbonyl (C=O) groups is 1. The lowest BCUT2D eigenvalue weighted by Crippen LogP contribution is -2.37. The van der Waals surface area contributed by atoms with Crippen molar-refractivity contribution in [1.82, 2.24) is 0 Å². The lowest BCUT2D eigenvalue weighted by Gasteiger charge is -2.31. The molecule has 1 unspecified atom stereocenters. The Morgan fingerprint density at radius 1 is 1.19 bits per heavy atom. The van der Waals surface area contributed by atoms with Crippen molar-refractivity contribution in [2.75, 3.05) is 10.8 Å².